The van der Waals surface area contributed by atoms with Crippen LogP contribution in [0.3, 0.4) is 0 Å². The highest BCUT2D eigenvalue weighted by Gasteiger charge is 2.38. The number of esters is 1. The molecule has 0 heterocycles. The summed E-state index contributed by atoms with van der Waals surface area (Å²) in [5.41, 5.74) is 1.36. The van der Waals surface area contributed by atoms with Gasteiger partial charge in [-0.15, -0.1) is 0 Å². The summed E-state index contributed by atoms with van der Waals surface area (Å²) in [6.45, 7) is 0. The molecule has 0 atom stereocenters. The van der Waals surface area contributed by atoms with E-state index in [-0.39, 0.29) is 28.4 Å². The number of methoxy groups -OCH3 is 1. The molecule has 0 unspecified atom stereocenters. The maximum atomic E-state index is 12.8. The molecule has 2 aliphatic rings. The third-order valence-corrected chi connectivity index (χ3v) is 4.43. The zero-order valence-corrected chi connectivity index (χ0v) is 14.4. The van der Waals surface area contributed by atoms with Crippen LogP contribution < -0.4 is 0 Å². The van der Waals surface area contributed by atoms with Gasteiger partial charge < -0.3 is 9.47 Å². The summed E-state index contributed by atoms with van der Waals surface area (Å²) >= 11 is 0. The van der Waals surface area contributed by atoms with Gasteiger partial charge in [-0.1, -0.05) is 42.5 Å². The van der Waals surface area contributed by atoms with Gasteiger partial charge in [-0.3, -0.25) is 9.59 Å². The molecule has 0 aliphatic heterocycles. The lowest BCUT2D eigenvalue weighted by molar-refractivity contribution is -0.114. The Morgan fingerprint density at radius 2 is 1.48 bits per heavy atom. The highest BCUT2D eigenvalue weighted by atomic mass is 16.5. The Balaban J connectivity index is 1.90. The molecule has 5 heteroatoms. The lowest BCUT2D eigenvalue weighted by Gasteiger charge is -2.25. The molecular weight excluding hydrogens is 344 g/mol. The van der Waals surface area contributed by atoms with E-state index in [0.29, 0.717) is 16.7 Å². The number of benzene rings is 2. The summed E-state index contributed by atoms with van der Waals surface area (Å²) in [4.78, 5) is 38.3. The smallest absolute Gasteiger partial charge is 0.343 e. The number of rotatable bonds is 3. The Bertz CT molecular complexity index is 1070. The highest BCUT2D eigenvalue weighted by Crippen LogP contribution is 2.39. The van der Waals surface area contributed by atoms with Crippen molar-refractivity contribution in [2.45, 2.75) is 0 Å². The number of ether oxygens (including phenoxy) is 2. The van der Waals surface area contributed by atoms with E-state index < -0.39 is 11.8 Å². The normalized spacial score (nSPS) is 15.4. The first-order chi connectivity index (χ1) is 13.1. The molecule has 0 bridgehead atoms. The number of hydrogen-bond donors (Lipinski definition) is 0. The van der Waals surface area contributed by atoms with Crippen molar-refractivity contribution in [1.29, 1.82) is 0 Å². The van der Waals surface area contributed by atoms with Crippen molar-refractivity contribution in [3.8, 4) is 0 Å². The van der Waals surface area contributed by atoms with E-state index in [9.17, 15) is 14.4 Å². The summed E-state index contributed by atoms with van der Waals surface area (Å²) < 4.78 is 10.7. The first-order valence-electron chi connectivity index (χ1n) is 8.28. The summed E-state index contributed by atoms with van der Waals surface area (Å²) in [6.07, 6.45) is 2.97. The van der Waals surface area contributed by atoms with Crippen molar-refractivity contribution in [2.24, 2.45) is 0 Å². The predicted molar refractivity (Wildman–Crippen MR) is 97.7 cm³/mol. The van der Waals surface area contributed by atoms with Gasteiger partial charge in [-0.05, 0) is 24.3 Å². The van der Waals surface area contributed by atoms with Gasteiger partial charge in [0.05, 0.1) is 18.2 Å². The summed E-state index contributed by atoms with van der Waals surface area (Å²) in [7, 11) is 1.37. The fourth-order valence-electron chi connectivity index (χ4n) is 3.13. The van der Waals surface area contributed by atoms with Crippen molar-refractivity contribution >= 4 is 23.3 Å². The number of fused-ring (bicyclic) bond motifs is 2. The molecule has 0 spiro atoms. The van der Waals surface area contributed by atoms with Crippen molar-refractivity contribution in [3.63, 3.8) is 0 Å². The van der Waals surface area contributed by atoms with Gasteiger partial charge in [0.25, 0.3) is 0 Å². The minimum atomic E-state index is -0.608. The van der Waals surface area contributed by atoms with Gasteiger partial charge in [0.2, 0.25) is 5.78 Å². The van der Waals surface area contributed by atoms with Gasteiger partial charge in [-0.2, -0.15) is 0 Å². The molecule has 0 N–H and O–H groups in total. The van der Waals surface area contributed by atoms with Crippen LogP contribution in [0, 0.1) is 0 Å². The number of carbonyl (C=O) groups is 3. The molecule has 2 aromatic carbocycles. The zero-order chi connectivity index (χ0) is 19.0. The quantitative estimate of drug-likeness (QED) is 0.786. The number of ketones is 2. The van der Waals surface area contributed by atoms with Crippen molar-refractivity contribution in [1.82, 2.24) is 0 Å². The third kappa shape index (κ3) is 2.69. The van der Waals surface area contributed by atoms with Crippen LogP contribution in [-0.2, 0) is 14.3 Å². The molecule has 0 saturated heterocycles. The van der Waals surface area contributed by atoms with Crippen molar-refractivity contribution in [2.75, 3.05) is 7.11 Å². The third-order valence-electron chi connectivity index (χ3n) is 4.43. The first-order valence-corrected chi connectivity index (χ1v) is 8.28. The average molecular weight is 358 g/mol. The number of carbonyl (C=O) groups excluding carboxylic acids is 3. The van der Waals surface area contributed by atoms with E-state index >= 15 is 0 Å². The summed E-state index contributed by atoms with van der Waals surface area (Å²) in [6, 6.07) is 15.2. The molecule has 132 valence electrons. The zero-order valence-electron chi connectivity index (χ0n) is 14.4. The van der Waals surface area contributed by atoms with Gasteiger partial charge in [0.1, 0.15) is 0 Å². The molecule has 0 saturated carbocycles. The highest BCUT2D eigenvalue weighted by molar-refractivity contribution is 6.30. The minimum absolute atomic E-state index is 0.0438. The second kappa shape index (κ2) is 6.53. The molecule has 27 heavy (non-hydrogen) atoms. The molecule has 5 nitrogen and oxygen atoms in total. The van der Waals surface area contributed by atoms with Crippen LogP contribution in [0.4, 0.5) is 0 Å². The Morgan fingerprint density at radius 1 is 0.815 bits per heavy atom. The Labute approximate surface area is 155 Å². The monoisotopic (exact) mass is 358 g/mol. The van der Waals surface area contributed by atoms with Crippen LogP contribution in [0.5, 0.6) is 0 Å². The predicted octanol–water partition coefficient (Wildman–Crippen LogP) is 3.49. The second-order valence-electron chi connectivity index (χ2n) is 5.98. The van der Waals surface area contributed by atoms with E-state index in [1.807, 2.05) is 0 Å². The van der Waals surface area contributed by atoms with Crippen LogP contribution in [0.2, 0.25) is 0 Å². The molecule has 2 aromatic rings. The maximum absolute atomic E-state index is 12.8. The topological polar surface area (TPSA) is 69.7 Å². The fraction of sp³-hybridized carbons (Fsp3) is 0.0455. The van der Waals surface area contributed by atoms with E-state index in [0.717, 1.165) is 0 Å². The molecule has 0 amide bonds. The van der Waals surface area contributed by atoms with E-state index in [1.54, 1.807) is 54.6 Å². The molecular formula is C22H14O5. The Hall–Kier alpha value is -3.73. The largest absolute Gasteiger partial charge is 0.493 e. The van der Waals surface area contributed by atoms with Gasteiger partial charge in [0, 0.05) is 16.7 Å². The van der Waals surface area contributed by atoms with Crippen LogP contribution in [0.15, 0.2) is 83.7 Å². The fourth-order valence-corrected chi connectivity index (χ4v) is 3.13. The van der Waals surface area contributed by atoms with E-state index in [4.69, 9.17) is 9.47 Å². The standard InChI is InChI=1S/C22H14O5/c1-26-17-12-11-16-18(20(17)24)21(15-10-6-5-9-14(15)19(16)23)27-22(25)13-7-3-2-4-8-13/h2-12H,1H3. The van der Waals surface area contributed by atoms with Crippen molar-refractivity contribution < 1.29 is 23.9 Å². The van der Waals surface area contributed by atoms with Gasteiger partial charge >= 0.3 is 5.97 Å². The second-order valence-corrected chi connectivity index (χ2v) is 5.98. The number of allylic oxidation sites excluding steroid dienone is 4. The number of Topliss-reactive ketones (excluding diaryl/α,β-unsaturated/α-hetero) is 2. The SMILES string of the molecule is COC1=CC=C2C(=O)c3ccccc3C(OC(=O)c3ccccc3)=C2C1=O. The van der Waals surface area contributed by atoms with Gasteiger partial charge in [-0.25, -0.2) is 4.79 Å². The first kappa shape index (κ1) is 16.7. The maximum Gasteiger partial charge on any atom is 0.343 e. The Morgan fingerprint density at radius 3 is 2.19 bits per heavy atom. The van der Waals surface area contributed by atoms with Gasteiger partial charge in [0.15, 0.2) is 17.3 Å². The van der Waals surface area contributed by atoms with Crippen molar-refractivity contribution in [3.05, 3.63) is 100 Å². The molecule has 2 aliphatic carbocycles. The molecule has 0 radical (unpaired) electrons. The van der Waals surface area contributed by atoms with Crippen LogP contribution in [-0.4, -0.2) is 24.6 Å². The molecule has 4 rings (SSSR count). The molecule has 0 fully saturated rings. The summed E-state index contributed by atoms with van der Waals surface area (Å²) in [5.74, 6) is -1.25. The lowest BCUT2D eigenvalue weighted by Crippen LogP contribution is -2.26. The van der Waals surface area contributed by atoms with E-state index in [2.05, 4.69) is 0 Å². The van der Waals surface area contributed by atoms with E-state index in [1.165, 1.54) is 19.3 Å². The lowest BCUT2D eigenvalue weighted by atomic mass is 9.81. The Kier molecular flexibility index (Phi) is 4.05. The summed E-state index contributed by atoms with van der Waals surface area (Å²) in [5, 5.41) is 0. The van der Waals surface area contributed by atoms with Crippen LogP contribution in [0.1, 0.15) is 26.3 Å². The minimum Gasteiger partial charge on any atom is -0.493 e. The van der Waals surface area contributed by atoms with Crippen LogP contribution >= 0.6 is 0 Å². The average Bonchev–Trinajstić information content (AvgIpc) is 2.71. The number of hydrogen-bond acceptors (Lipinski definition) is 5. The van der Waals surface area contributed by atoms with Crippen LogP contribution in [0.25, 0.3) is 5.76 Å². The molecule has 0 aromatic heterocycles.